The van der Waals surface area contributed by atoms with E-state index < -0.39 is 0 Å². The molecule has 0 heterocycles. The van der Waals surface area contributed by atoms with Gasteiger partial charge in [0.25, 0.3) is 0 Å². The molecule has 25 heavy (non-hydrogen) atoms. The molecule has 0 aliphatic rings. The number of aliphatic imine (C=N–C) groups is 1. The summed E-state index contributed by atoms with van der Waals surface area (Å²) in [5, 5.41) is 6.57. The van der Waals surface area contributed by atoms with E-state index in [1.165, 1.54) is 4.90 Å². The van der Waals surface area contributed by atoms with E-state index in [9.17, 15) is 4.79 Å². The number of hydrogen-bond acceptors (Lipinski definition) is 4. The van der Waals surface area contributed by atoms with Crippen molar-refractivity contribution in [3.8, 4) is 0 Å². The second kappa shape index (κ2) is 13.7. The van der Waals surface area contributed by atoms with Crippen molar-refractivity contribution in [3.05, 3.63) is 43.0 Å². The molecule has 2 N–H and O–H groups in total. The van der Waals surface area contributed by atoms with E-state index in [1.807, 2.05) is 36.0 Å². The highest BCUT2D eigenvalue weighted by molar-refractivity contribution is 7.99. The molecule has 0 atom stereocenters. The summed E-state index contributed by atoms with van der Waals surface area (Å²) in [6.45, 7) is 5.44. The molecule has 1 aromatic rings. The summed E-state index contributed by atoms with van der Waals surface area (Å²) in [4.78, 5) is 18.9. The highest BCUT2D eigenvalue weighted by atomic mass is 32.2. The van der Waals surface area contributed by atoms with Gasteiger partial charge in [0.2, 0.25) is 5.91 Å². The fourth-order valence-corrected chi connectivity index (χ4v) is 3.09. The zero-order chi connectivity index (χ0) is 18.3. The second-order valence-corrected chi connectivity index (χ2v) is 7.65. The van der Waals surface area contributed by atoms with Crippen molar-refractivity contribution < 1.29 is 4.79 Å². The summed E-state index contributed by atoms with van der Waals surface area (Å²) in [6, 6.07) is 10.3. The van der Waals surface area contributed by atoms with Gasteiger partial charge >= 0.3 is 0 Å². The monoisotopic (exact) mass is 380 g/mol. The Kier molecular flexibility index (Phi) is 11.7. The van der Waals surface area contributed by atoms with Crippen molar-refractivity contribution in [2.75, 3.05) is 51.0 Å². The average Bonchev–Trinajstić information content (AvgIpc) is 2.62. The minimum Gasteiger partial charge on any atom is -0.356 e. The molecular weight excluding hydrogens is 352 g/mol. The number of hydrogen-bond donors (Lipinski definition) is 2. The van der Waals surface area contributed by atoms with Crippen LogP contribution in [0.25, 0.3) is 0 Å². The molecule has 1 rings (SSSR count). The van der Waals surface area contributed by atoms with Crippen LogP contribution in [0.4, 0.5) is 0 Å². The van der Waals surface area contributed by atoms with E-state index >= 15 is 0 Å². The average molecular weight is 381 g/mol. The van der Waals surface area contributed by atoms with Crippen molar-refractivity contribution in [2.24, 2.45) is 4.99 Å². The molecule has 1 aromatic carbocycles. The number of amides is 1. The molecule has 1 amide bonds. The Morgan fingerprint density at radius 2 is 1.88 bits per heavy atom. The van der Waals surface area contributed by atoms with Crippen molar-refractivity contribution in [1.82, 2.24) is 15.5 Å². The van der Waals surface area contributed by atoms with Crippen LogP contribution in [0.5, 0.6) is 0 Å². The van der Waals surface area contributed by atoms with Crippen LogP contribution in [-0.4, -0.2) is 67.8 Å². The number of carbonyl (C=O) groups excluding carboxylic acids is 1. The second-order valence-electron chi connectivity index (χ2n) is 5.33. The Morgan fingerprint density at radius 3 is 2.52 bits per heavy atom. The normalized spacial score (nSPS) is 11.0. The summed E-state index contributed by atoms with van der Waals surface area (Å²) in [5.41, 5.74) is 0. The summed E-state index contributed by atoms with van der Waals surface area (Å²) < 4.78 is 0. The van der Waals surface area contributed by atoms with Gasteiger partial charge in [-0.1, -0.05) is 24.3 Å². The topological polar surface area (TPSA) is 56.7 Å². The molecule has 0 unspecified atom stereocenters. The van der Waals surface area contributed by atoms with Crippen molar-refractivity contribution in [2.45, 2.75) is 4.90 Å². The Bertz CT molecular complexity index is 535. The third-order valence-electron chi connectivity index (χ3n) is 3.05. The summed E-state index contributed by atoms with van der Waals surface area (Å²) >= 11 is 3.60. The summed E-state index contributed by atoms with van der Waals surface area (Å²) in [5.74, 6) is 3.50. The molecule has 0 spiro atoms. The van der Waals surface area contributed by atoms with Crippen molar-refractivity contribution in [1.29, 1.82) is 0 Å². The molecule has 0 saturated heterocycles. The Hall–Kier alpha value is -1.60. The van der Waals surface area contributed by atoms with Crippen LogP contribution in [0.3, 0.4) is 0 Å². The predicted molar refractivity (Wildman–Crippen MR) is 112 cm³/mol. The van der Waals surface area contributed by atoms with E-state index in [1.54, 1.807) is 30.8 Å². The van der Waals surface area contributed by atoms with Gasteiger partial charge in [0.15, 0.2) is 5.96 Å². The quantitative estimate of drug-likeness (QED) is 0.203. The highest BCUT2D eigenvalue weighted by Crippen LogP contribution is 2.15. The van der Waals surface area contributed by atoms with Crippen LogP contribution in [0.15, 0.2) is 52.9 Å². The maximum absolute atomic E-state index is 11.7. The molecule has 7 heteroatoms. The zero-order valence-corrected chi connectivity index (χ0v) is 16.7. The number of nitrogens with one attached hydrogen (secondary N) is 2. The Balaban J connectivity index is 2.38. The number of likely N-dealkylation sites (N-methyl/N-ethyl adjacent to an activating group) is 1. The van der Waals surface area contributed by atoms with E-state index in [2.05, 4.69) is 34.3 Å². The van der Waals surface area contributed by atoms with Crippen LogP contribution in [0, 0.1) is 0 Å². The molecule has 0 fully saturated rings. The van der Waals surface area contributed by atoms with Gasteiger partial charge in [-0.05, 0) is 12.1 Å². The number of nitrogens with zero attached hydrogens (tertiary/aromatic N) is 2. The fraction of sp³-hybridized carbons (Fsp3) is 0.444. The number of benzene rings is 1. The molecule has 138 valence electrons. The summed E-state index contributed by atoms with van der Waals surface area (Å²) in [7, 11) is 3.47. The first-order chi connectivity index (χ1) is 12.1. The van der Waals surface area contributed by atoms with Crippen molar-refractivity contribution in [3.63, 3.8) is 0 Å². The van der Waals surface area contributed by atoms with Crippen LogP contribution in [0.1, 0.15) is 0 Å². The van der Waals surface area contributed by atoms with E-state index in [0.29, 0.717) is 5.96 Å². The van der Waals surface area contributed by atoms with Crippen LogP contribution < -0.4 is 10.6 Å². The number of thioether (sulfide) groups is 2. The maximum atomic E-state index is 11.7. The third kappa shape index (κ3) is 10.8. The zero-order valence-electron chi connectivity index (χ0n) is 15.0. The molecule has 0 bridgehead atoms. The van der Waals surface area contributed by atoms with Gasteiger partial charge < -0.3 is 15.5 Å². The first-order valence-electron chi connectivity index (χ1n) is 8.22. The maximum Gasteiger partial charge on any atom is 0.243 e. The van der Waals surface area contributed by atoms with Crippen LogP contribution >= 0.6 is 23.5 Å². The van der Waals surface area contributed by atoms with Gasteiger partial charge in [-0.25, -0.2) is 4.99 Å². The first kappa shape index (κ1) is 21.4. The third-order valence-corrected chi connectivity index (χ3v) is 5.03. The van der Waals surface area contributed by atoms with Crippen LogP contribution in [-0.2, 0) is 4.79 Å². The molecular formula is C18H28N4OS2. The minimum absolute atomic E-state index is 0.0132. The Labute approximate surface area is 159 Å². The molecule has 0 aliphatic heterocycles. The molecule has 0 aromatic heterocycles. The number of rotatable bonds is 11. The standard InChI is InChI=1S/C18H28N4OS2/c1-4-12-24-13-10-19-18(21-15-17(23)22(2)3)20-11-14-25-16-8-6-5-7-9-16/h4-9H,1,10-15H2,2-3H3,(H2,19,20,21). The number of guanidine groups is 1. The van der Waals surface area contributed by atoms with E-state index in [-0.39, 0.29) is 12.5 Å². The van der Waals surface area contributed by atoms with Gasteiger partial charge in [0, 0.05) is 49.3 Å². The highest BCUT2D eigenvalue weighted by Gasteiger charge is 2.04. The van der Waals surface area contributed by atoms with Crippen molar-refractivity contribution >= 4 is 35.4 Å². The lowest BCUT2D eigenvalue weighted by molar-refractivity contribution is -0.127. The molecule has 0 saturated carbocycles. The molecule has 0 radical (unpaired) electrons. The largest absolute Gasteiger partial charge is 0.356 e. The van der Waals surface area contributed by atoms with Gasteiger partial charge in [-0.3, -0.25) is 4.79 Å². The van der Waals surface area contributed by atoms with Crippen LogP contribution in [0.2, 0.25) is 0 Å². The minimum atomic E-state index is -0.0132. The van der Waals surface area contributed by atoms with Gasteiger partial charge in [0.05, 0.1) is 0 Å². The lowest BCUT2D eigenvalue weighted by Crippen LogP contribution is -2.40. The van der Waals surface area contributed by atoms with E-state index in [4.69, 9.17) is 0 Å². The lowest BCUT2D eigenvalue weighted by Gasteiger charge is -2.13. The smallest absolute Gasteiger partial charge is 0.243 e. The fourth-order valence-electron chi connectivity index (χ4n) is 1.73. The lowest BCUT2D eigenvalue weighted by atomic mass is 10.4. The molecule has 0 aliphatic carbocycles. The van der Waals surface area contributed by atoms with Gasteiger partial charge in [0.1, 0.15) is 6.54 Å². The Morgan fingerprint density at radius 1 is 1.20 bits per heavy atom. The number of carbonyl (C=O) groups is 1. The first-order valence-corrected chi connectivity index (χ1v) is 10.4. The summed E-state index contributed by atoms with van der Waals surface area (Å²) in [6.07, 6.45) is 1.90. The van der Waals surface area contributed by atoms with E-state index in [0.717, 1.165) is 30.3 Å². The van der Waals surface area contributed by atoms with Gasteiger partial charge in [-0.2, -0.15) is 11.8 Å². The SMILES string of the molecule is C=CCSCCNC(=NCC(=O)N(C)C)NCCSc1ccccc1. The van der Waals surface area contributed by atoms with Gasteiger partial charge in [-0.15, -0.1) is 18.3 Å². The molecule has 5 nitrogen and oxygen atoms in total. The predicted octanol–water partition coefficient (Wildman–Crippen LogP) is 2.32.